The molecule has 0 amide bonds. The second-order valence-electron chi connectivity index (χ2n) is 2.31. The number of nitrogen functional groups attached to an aromatic ring is 2. The Kier molecular flexibility index (Phi) is 1.87. The predicted molar refractivity (Wildman–Crippen MR) is 40.3 cm³/mol. The fourth-order valence-electron chi connectivity index (χ4n) is 0.916. The van der Waals surface area contributed by atoms with Crippen molar-refractivity contribution in [2.24, 2.45) is 0 Å². The fraction of sp³-hybridized carbons (Fsp3) is 0.143. The second-order valence-corrected chi connectivity index (χ2v) is 2.31. The number of hydrogen-bond acceptors (Lipinski definition) is 2. The van der Waals surface area contributed by atoms with E-state index in [0.717, 1.165) is 0 Å². The van der Waals surface area contributed by atoms with E-state index in [4.69, 9.17) is 11.5 Å². The SMILES string of the molecule is Nc1cccc(N)c1C(F)(F)F. The topological polar surface area (TPSA) is 52.0 Å². The highest BCUT2D eigenvalue weighted by Gasteiger charge is 2.34. The molecular formula is C7H7F3N2. The third kappa shape index (κ3) is 1.44. The maximum atomic E-state index is 12.1. The Morgan fingerprint density at radius 3 is 1.67 bits per heavy atom. The van der Waals surface area contributed by atoms with Crippen LogP contribution in [0.5, 0.6) is 0 Å². The highest BCUT2D eigenvalue weighted by Crippen LogP contribution is 2.37. The molecule has 0 heterocycles. The predicted octanol–water partition coefficient (Wildman–Crippen LogP) is 1.87. The average molecular weight is 176 g/mol. The van der Waals surface area contributed by atoms with Crippen molar-refractivity contribution in [3.05, 3.63) is 23.8 Å². The Hall–Kier alpha value is -1.39. The molecule has 0 aliphatic heterocycles. The summed E-state index contributed by atoms with van der Waals surface area (Å²) in [5, 5.41) is 0. The molecule has 1 aromatic carbocycles. The van der Waals surface area contributed by atoms with Gasteiger partial charge in [0.05, 0.1) is 0 Å². The Bertz CT molecular complexity index is 273. The monoisotopic (exact) mass is 176 g/mol. The van der Waals surface area contributed by atoms with E-state index >= 15 is 0 Å². The number of benzene rings is 1. The fourth-order valence-corrected chi connectivity index (χ4v) is 0.916. The van der Waals surface area contributed by atoms with Crippen molar-refractivity contribution >= 4 is 11.4 Å². The van der Waals surface area contributed by atoms with E-state index in [1.165, 1.54) is 18.2 Å². The molecule has 0 atom stereocenters. The quantitative estimate of drug-likeness (QED) is 0.593. The van der Waals surface area contributed by atoms with Crippen LogP contribution >= 0.6 is 0 Å². The Balaban J connectivity index is 3.31. The van der Waals surface area contributed by atoms with Gasteiger partial charge < -0.3 is 11.5 Å². The first-order valence-corrected chi connectivity index (χ1v) is 3.14. The number of anilines is 2. The van der Waals surface area contributed by atoms with Crippen molar-refractivity contribution < 1.29 is 13.2 Å². The van der Waals surface area contributed by atoms with E-state index in [0.29, 0.717) is 0 Å². The molecule has 1 rings (SSSR count). The number of hydrogen-bond donors (Lipinski definition) is 2. The van der Waals surface area contributed by atoms with Gasteiger partial charge in [-0.15, -0.1) is 0 Å². The van der Waals surface area contributed by atoms with E-state index in [1.807, 2.05) is 0 Å². The van der Waals surface area contributed by atoms with Crippen LogP contribution < -0.4 is 11.5 Å². The lowest BCUT2D eigenvalue weighted by Gasteiger charge is -2.11. The summed E-state index contributed by atoms with van der Waals surface area (Å²) in [5.41, 5.74) is 8.57. The molecule has 0 saturated carbocycles. The highest BCUT2D eigenvalue weighted by molar-refractivity contribution is 5.62. The van der Waals surface area contributed by atoms with Gasteiger partial charge in [0.1, 0.15) is 5.56 Å². The highest BCUT2D eigenvalue weighted by atomic mass is 19.4. The lowest BCUT2D eigenvalue weighted by molar-refractivity contribution is -0.136. The number of halogens is 3. The molecular weight excluding hydrogens is 169 g/mol. The van der Waals surface area contributed by atoms with E-state index in [2.05, 4.69) is 0 Å². The van der Waals surface area contributed by atoms with Gasteiger partial charge in [-0.1, -0.05) is 6.07 Å². The van der Waals surface area contributed by atoms with Crippen LogP contribution in [0.15, 0.2) is 18.2 Å². The van der Waals surface area contributed by atoms with Crippen molar-refractivity contribution in [2.75, 3.05) is 11.5 Å². The van der Waals surface area contributed by atoms with Gasteiger partial charge in [-0.3, -0.25) is 0 Å². The summed E-state index contributed by atoms with van der Waals surface area (Å²) >= 11 is 0. The summed E-state index contributed by atoms with van der Waals surface area (Å²) in [6.07, 6.45) is -4.48. The smallest absolute Gasteiger partial charge is 0.398 e. The molecule has 2 nitrogen and oxygen atoms in total. The van der Waals surface area contributed by atoms with Gasteiger partial charge in [0, 0.05) is 11.4 Å². The first-order valence-electron chi connectivity index (χ1n) is 3.14. The Labute approximate surface area is 67.0 Å². The summed E-state index contributed by atoms with van der Waals surface area (Å²) in [6, 6.07) is 3.71. The van der Waals surface area contributed by atoms with Crippen LogP contribution in [-0.4, -0.2) is 0 Å². The Morgan fingerprint density at radius 2 is 1.42 bits per heavy atom. The molecule has 4 N–H and O–H groups in total. The molecule has 1 aromatic rings. The van der Waals surface area contributed by atoms with Gasteiger partial charge in [-0.2, -0.15) is 13.2 Å². The molecule has 5 heteroatoms. The molecule has 0 bridgehead atoms. The lowest BCUT2D eigenvalue weighted by atomic mass is 10.1. The minimum atomic E-state index is -4.48. The lowest BCUT2D eigenvalue weighted by Crippen LogP contribution is -2.11. The van der Waals surface area contributed by atoms with Crippen molar-refractivity contribution in [3.8, 4) is 0 Å². The van der Waals surface area contributed by atoms with Crippen LogP contribution in [0.4, 0.5) is 24.5 Å². The van der Waals surface area contributed by atoms with Crippen LogP contribution in [-0.2, 0) is 6.18 Å². The van der Waals surface area contributed by atoms with Crippen molar-refractivity contribution in [2.45, 2.75) is 6.18 Å². The Morgan fingerprint density at radius 1 is 1.00 bits per heavy atom. The standard InChI is InChI=1S/C7H7F3N2/c8-7(9,10)6-4(11)2-1-3-5(6)12/h1-3H,11-12H2. The van der Waals surface area contributed by atoms with Crippen LogP contribution in [0.1, 0.15) is 5.56 Å². The minimum absolute atomic E-state index is 0.345. The molecule has 0 saturated heterocycles. The van der Waals surface area contributed by atoms with E-state index in [-0.39, 0.29) is 11.4 Å². The van der Waals surface area contributed by atoms with Crippen LogP contribution in [0.3, 0.4) is 0 Å². The third-order valence-electron chi connectivity index (χ3n) is 1.41. The van der Waals surface area contributed by atoms with E-state index < -0.39 is 11.7 Å². The number of rotatable bonds is 0. The molecule has 0 aliphatic carbocycles. The van der Waals surface area contributed by atoms with Gasteiger partial charge in [-0.25, -0.2) is 0 Å². The summed E-state index contributed by atoms with van der Waals surface area (Å²) in [4.78, 5) is 0. The van der Waals surface area contributed by atoms with E-state index in [9.17, 15) is 13.2 Å². The normalized spacial score (nSPS) is 11.6. The van der Waals surface area contributed by atoms with Gasteiger partial charge >= 0.3 is 6.18 Å². The zero-order valence-corrected chi connectivity index (χ0v) is 6.02. The maximum Gasteiger partial charge on any atom is 0.420 e. The maximum absolute atomic E-state index is 12.1. The van der Waals surface area contributed by atoms with Crippen molar-refractivity contribution in [1.29, 1.82) is 0 Å². The molecule has 0 fully saturated rings. The van der Waals surface area contributed by atoms with Gasteiger partial charge in [0.15, 0.2) is 0 Å². The number of alkyl halides is 3. The second kappa shape index (κ2) is 2.58. The van der Waals surface area contributed by atoms with Crippen LogP contribution in [0, 0.1) is 0 Å². The molecule has 12 heavy (non-hydrogen) atoms. The van der Waals surface area contributed by atoms with E-state index in [1.54, 1.807) is 0 Å². The van der Waals surface area contributed by atoms with Crippen LogP contribution in [0.2, 0.25) is 0 Å². The zero-order valence-electron chi connectivity index (χ0n) is 6.02. The summed E-state index contributed by atoms with van der Waals surface area (Å²) in [7, 11) is 0. The molecule has 0 spiro atoms. The van der Waals surface area contributed by atoms with Gasteiger partial charge in [0.25, 0.3) is 0 Å². The van der Waals surface area contributed by atoms with Crippen LogP contribution in [0.25, 0.3) is 0 Å². The average Bonchev–Trinajstić information content (AvgIpc) is 1.82. The summed E-state index contributed by atoms with van der Waals surface area (Å²) in [6.45, 7) is 0. The molecule has 0 aliphatic rings. The van der Waals surface area contributed by atoms with Gasteiger partial charge in [0.2, 0.25) is 0 Å². The summed E-state index contributed by atoms with van der Waals surface area (Å²) in [5.74, 6) is 0. The zero-order chi connectivity index (χ0) is 9.35. The number of nitrogens with two attached hydrogens (primary N) is 2. The molecule has 0 radical (unpaired) electrons. The van der Waals surface area contributed by atoms with Gasteiger partial charge in [-0.05, 0) is 12.1 Å². The first kappa shape index (κ1) is 8.70. The first-order chi connectivity index (χ1) is 5.43. The largest absolute Gasteiger partial charge is 0.420 e. The molecule has 0 aromatic heterocycles. The summed E-state index contributed by atoms with van der Waals surface area (Å²) < 4.78 is 36.4. The van der Waals surface area contributed by atoms with Crippen molar-refractivity contribution in [3.63, 3.8) is 0 Å². The molecule has 66 valence electrons. The third-order valence-corrected chi connectivity index (χ3v) is 1.41. The minimum Gasteiger partial charge on any atom is -0.398 e. The van der Waals surface area contributed by atoms with Crippen molar-refractivity contribution in [1.82, 2.24) is 0 Å². The molecule has 0 unspecified atom stereocenters.